The Bertz CT molecular complexity index is 538. The number of hydrogen-bond acceptors (Lipinski definition) is 4. The van der Waals surface area contributed by atoms with Gasteiger partial charge in [-0.15, -0.1) is 0 Å². The first-order valence-electron chi connectivity index (χ1n) is 6.14. The highest BCUT2D eigenvalue weighted by Gasteiger charge is 2.04. The Morgan fingerprint density at radius 3 is 2.68 bits per heavy atom. The number of ether oxygens (including phenoxy) is 2. The molecule has 0 amide bonds. The molecule has 0 bridgehead atoms. The third-order valence-electron chi connectivity index (χ3n) is 2.84. The maximum Gasteiger partial charge on any atom is 0.138 e. The largest absolute Gasteiger partial charge is 0.496 e. The van der Waals surface area contributed by atoms with Crippen LogP contribution in [0.3, 0.4) is 0 Å². The molecule has 2 N–H and O–H groups in total. The van der Waals surface area contributed by atoms with Crippen LogP contribution in [-0.4, -0.2) is 12.1 Å². The maximum absolute atomic E-state index is 5.71. The van der Waals surface area contributed by atoms with Gasteiger partial charge < -0.3 is 15.2 Å². The van der Waals surface area contributed by atoms with Crippen LogP contribution in [0.5, 0.6) is 11.5 Å². The summed E-state index contributed by atoms with van der Waals surface area (Å²) in [6.45, 7) is 2.93. The fraction of sp³-hybridized carbons (Fsp3) is 0.267. The van der Waals surface area contributed by atoms with Crippen LogP contribution in [0.4, 0.5) is 0 Å². The predicted octanol–water partition coefficient (Wildman–Crippen LogP) is 2.44. The molecule has 0 fully saturated rings. The Balaban J connectivity index is 2.07. The monoisotopic (exact) mass is 258 g/mol. The number of aromatic nitrogens is 1. The topological polar surface area (TPSA) is 57.4 Å². The summed E-state index contributed by atoms with van der Waals surface area (Å²) in [6.07, 6.45) is 1.68. The number of methoxy groups -OCH3 is 1. The third-order valence-corrected chi connectivity index (χ3v) is 2.84. The minimum atomic E-state index is 0.436. The van der Waals surface area contributed by atoms with Crippen molar-refractivity contribution in [2.75, 3.05) is 7.11 Å². The minimum Gasteiger partial charge on any atom is -0.496 e. The summed E-state index contributed by atoms with van der Waals surface area (Å²) in [5.41, 5.74) is 8.54. The van der Waals surface area contributed by atoms with E-state index in [9.17, 15) is 0 Å². The molecule has 4 heteroatoms. The first-order valence-corrected chi connectivity index (χ1v) is 6.14. The van der Waals surface area contributed by atoms with Gasteiger partial charge in [0.15, 0.2) is 0 Å². The lowest BCUT2D eigenvalue weighted by Gasteiger charge is -2.11. The molecule has 1 aromatic heterocycles. The lowest BCUT2D eigenvalue weighted by Crippen LogP contribution is -2.01. The van der Waals surface area contributed by atoms with Crippen molar-refractivity contribution in [3.8, 4) is 11.5 Å². The van der Waals surface area contributed by atoms with E-state index in [1.54, 1.807) is 13.3 Å². The van der Waals surface area contributed by atoms with Crippen LogP contribution in [0.1, 0.15) is 16.8 Å². The molecule has 0 saturated heterocycles. The highest BCUT2D eigenvalue weighted by atomic mass is 16.5. The van der Waals surface area contributed by atoms with E-state index < -0.39 is 0 Å². The van der Waals surface area contributed by atoms with Crippen molar-refractivity contribution in [3.05, 3.63) is 53.3 Å². The zero-order valence-electron chi connectivity index (χ0n) is 11.2. The molecule has 1 heterocycles. The normalized spacial score (nSPS) is 10.3. The maximum atomic E-state index is 5.71. The lowest BCUT2D eigenvalue weighted by atomic mass is 10.1. The van der Waals surface area contributed by atoms with Gasteiger partial charge in [0.25, 0.3) is 0 Å². The van der Waals surface area contributed by atoms with Crippen LogP contribution in [-0.2, 0) is 13.2 Å². The summed E-state index contributed by atoms with van der Waals surface area (Å²) in [5, 5.41) is 0. The van der Waals surface area contributed by atoms with Crippen molar-refractivity contribution in [1.29, 1.82) is 0 Å². The standard InChI is InChI=1S/C15H18N2O2/c1-11-3-6-15(18-2)12(7-11)10-19-14-5-4-13(8-16)17-9-14/h3-7,9H,8,10,16H2,1-2H3. The summed E-state index contributed by atoms with van der Waals surface area (Å²) < 4.78 is 11.0. The average Bonchev–Trinajstić information content (AvgIpc) is 2.46. The van der Waals surface area contributed by atoms with Gasteiger partial charge in [-0.1, -0.05) is 11.6 Å². The minimum absolute atomic E-state index is 0.436. The number of rotatable bonds is 5. The van der Waals surface area contributed by atoms with Gasteiger partial charge in [0.1, 0.15) is 18.1 Å². The molecule has 0 atom stereocenters. The number of pyridine rings is 1. The Kier molecular flexibility index (Phi) is 4.36. The molecule has 0 unspecified atom stereocenters. The van der Waals surface area contributed by atoms with Gasteiger partial charge in [0.2, 0.25) is 0 Å². The summed E-state index contributed by atoms with van der Waals surface area (Å²) in [7, 11) is 1.66. The average molecular weight is 258 g/mol. The molecule has 1 aromatic carbocycles. The highest BCUT2D eigenvalue weighted by Crippen LogP contribution is 2.21. The Morgan fingerprint density at radius 1 is 1.21 bits per heavy atom. The van der Waals surface area contributed by atoms with Gasteiger partial charge in [-0.3, -0.25) is 4.98 Å². The SMILES string of the molecule is COc1ccc(C)cc1COc1ccc(CN)nc1. The van der Waals surface area contributed by atoms with E-state index in [2.05, 4.69) is 11.1 Å². The predicted molar refractivity (Wildman–Crippen MR) is 74.2 cm³/mol. The van der Waals surface area contributed by atoms with Crippen LogP contribution >= 0.6 is 0 Å². The number of benzene rings is 1. The summed E-state index contributed by atoms with van der Waals surface area (Å²) in [5.74, 6) is 1.55. The van der Waals surface area contributed by atoms with Crippen molar-refractivity contribution in [1.82, 2.24) is 4.98 Å². The van der Waals surface area contributed by atoms with Gasteiger partial charge in [-0.2, -0.15) is 0 Å². The molecule has 0 aliphatic rings. The quantitative estimate of drug-likeness (QED) is 0.895. The molecule has 4 nitrogen and oxygen atoms in total. The van der Waals surface area contributed by atoms with Gasteiger partial charge in [-0.05, 0) is 31.2 Å². The van der Waals surface area contributed by atoms with E-state index in [1.165, 1.54) is 5.56 Å². The summed E-state index contributed by atoms with van der Waals surface area (Å²) in [6, 6.07) is 9.75. The molecular weight excluding hydrogens is 240 g/mol. The van der Waals surface area contributed by atoms with Crippen molar-refractivity contribution < 1.29 is 9.47 Å². The number of aryl methyl sites for hydroxylation is 1. The second kappa shape index (κ2) is 6.20. The third kappa shape index (κ3) is 3.45. The van der Waals surface area contributed by atoms with E-state index in [4.69, 9.17) is 15.2 Å². The van der Waals surface area contributed by atoms with Crippen LogP contribution < -0.4 is 15.2 Å². The van der Waals surface area contributed by atoms with Crippen LogP contribution in [0.15, 0.2) is 36.5 Å². The second-order valence-electron chi connectivity index (χ2n) is 4.29. The van der Waals surface area contributed by atoms with Gasteiger partial charge in [0, 0.05) is 12.1 Å². The summed E-state index contributed by atoms with van der Waals surface area (Å²) >= 11 is 0. The second-order valence-corrected chi connectivity index (χ2v) is 4.29. The van der Waals surface area contributed by atoms with Crippen molar-refractivity contribution >= 4 is 0 Å². The van der Waals surface area contributed by atoms with E-state index in [0.29, 0.717) is 13.2 Å². The van der Waals surface area contributed by atoms with Crippen LogP contribution in [0, 0.1) is 6.92 Å². The fourth-order valence-electron chi connectivity index (χ4n) is 1.80. The molecule has 2 aromatic rings. The molecule has 19 heavy (non-hydrogen) atoms. The Hall–Kier alpha value is -2.07. The van der Waals surface area contributed by atoms with E-state index in [-0.39, 0.29) is 0 Å². The van der Waals surface area contributed by atoms with E-state index in [1.807, 2.05) is 31.2 Å². The van der Waals surface area contributed by atoms with Gasteiger partial charge in [-0.25, -0.2) is 0 Å². The van der Waals surface area contributed by atoms with Crippen molar-refractivity contribution in [3.63, 3.8) is 0 Å². The Morgan fingerprint density at radius 2 is 2.05 bits per heavy atom. The Labute approximate surface area is 113 Å². The number of hydrogen-bond donors (Lipinski definition) is 1. The van der Waals surface area contributed by atoms with E-state index >= 15 is 0 Å². The van der Waals surface area contributed by atoms with Gasteiger partial charge >= 0.3 is 0 Å². The molecule has 0 aliphatic heterocycles. The molecule has 0 radical (unpaired) electrons. The zero-order valence-corrected chi connectivity index (χ0v) is 11.2. The van der Waals surface area contributed by atoms with Crippen molar-refractivity contribution in [2.45, 2.75) is 20.1 Å². The van der Waals surface area contributed by atoms with Crippen LogP contribution in [0.2, 0.25) is 0 Å². The highest BCUT2D eigenvalue weighted by molar-refractivity contribution is 5.36. The first kappa shape index (κ1) is 13.4. The molecule has 0 spiro atoms. The smallest absolute Gasteiger partial charge is 0.138 e. The van der Waals surface area contributed by atoms with Crippen LogP contribution in [0.25, 0.3) is 0 Å². The summed E-state index contributed by atoms with van der Waals surface area (Å²) in [4.78, 5) is 4.19. The number of nitrogens with zero attached hydrogens (tertiary/aromatic N) is 1. The molecular formula is C15H18N2O2. The molecule has 100 valence electrons. The zero-order chi connectivity index (χ0) is 13.7. The van der Waals surface area contributed by atoms with E-state index in [0.717, 1.165) is 22.8 Å². The van der Waals surface area contributed by atoms with Gasteiger partial charge in [0.05, 0.1) is 19.0 Å². The molecule has 0 aliphatic carbocycles. The van der Waals surface area contributed by atoms with Crippen molar-refractivity contribution in [2.24, 2.45) is 5.73 Å². The lowest BCUT2D eigenvalue weighted by molar-refractivity contribution is 0.295. The fourth-order valence-corrected chi connectivity index (χ4v) is 1.80. The molecule has 2 rings (SSSR count). The number of nitrogens with two attached hydrogens (primary N) is 1. The molecule has 0 saturated carbocycles. The first-order chi connectivity index (χ1) is 9.22.